The molecule has 0 aliphatic carbocycles. The highest BCUT2D eigenvalue weighted by Gasteiger charge is 2.21. The average molecular weight is 347 g/mol. The van der Waals surface area contributed by atoms with E-state index in [2.05, 4.69) is 32.3 Å². The van der Waals surface area contributed by atoms with E-state index < -0.39 is 0 Å². The summed E-state index contributed by atoms with van der Waals surface area (Å²) < 4.78 is 5.93. The van der Waals surface area contributed by atoms with Crippen LogP contribution in [0.3, 0.4) is 0 Å². The van der Waals surface area contributed by atoms with Gasteiger partial charge in [-0.3, -0.25) is 0 Å². The van der Waals surface area contributed by atoms with Crippen molar-refractivity contribution in [1.82, 2.24) is 15.3 Å². The van der Waals surface area contributed by atoms with Crippen molar-refractivity contribution in [3.63, 3.8) is 0 Å². The Bertz CT molecular complexity index is 633. The third kappa shape index (κ3) is 3.79. The van der Waals surface area contributed by atoms with Gasteiger partial charge in [0.1, 0.15) is 11.9 Å². The highest BCUT2D eigenvalue weighted by atomic mass is 35.5. The van der Waals surface area contributed by atoms with Crippen molar-refractivity contribution in [2.45, 2.75) is 31.9 Å². The van der Waals surface area contributed by atoms with Gasteiger partial charge in [0.25, 0.3) is 0 Å². The molecular weight excluding hydrogens is 324 g/mol. The molecule has 2 aliphatic heterocycles. The first-order chi connectivity index (χ1) is 11.4. The Labute approximate surface area is 148 Å². The number of fused-ring (bicyclic) bond motifs is 1. The van der Waals surface area contributed by atoms with Gasteiger partial charge >= 0.3 is 0 Å². The molecule has 0 amide bonds. The van der Waals surface area contributed by atoms with Crippen LogP contribution >= 0.6 is 12.4 Å². The Hall–Kier alpha value is -1.85. The van der Waals surface area contributed by atoms with Crippen LogP contribution in [0.2, 0.25) is 0 Å². The van der Waals surface area contributed by atoms with Crippen LogP contribution in [0.4, 0.5) is 5.95 Å². The first-order valence-corrected chi connectivity index (χ1v) is 8.39. The Morgan fingerprint density at radius 3 is 2.62 bits per heavy atom. The topological polar surface area (TPSA) is 50.3 Å². The average Bonchev–Trinajstić information content (AvgIpc) is 3.25. The Balaban J connectivity index is 0.00000169. The summed E-state index contributed by atoms with van der Waals surface area (Å²) in [6.45, 7) is 3.77. The molecule has 1 atom stereocenters. The van der Waals surface area contributed by atoms with E-state index in [1.807, 2.05) is 24.5 Å². The lowest BCUT2D eigenvalue weighted by atomic mass is 10.1. The molecule has 2 aliphatic rings. The summed E-state index contributed by atoms with van der Waals surface area (Å²) in [6.07, 6.45) is 7.55. The van der Waals surface area contributed by atoms with Crippen LogP contribution in [0, 0.1) is 0 Å². The fourth-order valence-electron chi connectivity index (χ4n) is 3.26. The zero-order valence-corrected chi connectivity index (χ0v) is 14.5. The van der Waals surface area contributed by atoms with Gasteiger partial charge in [0, 0.05) is 50.6 Å². The molecule has 4 rings (SSSR count). The summed E-state index contributed by atoms with van der Waals surface area (Å²) in [5.74, 6) is 1.89. The maximum Gasteiger partial charge on any atom is 0.225 e. The van der Waals surface area contributed by atoms with Gasteiger partial charge in [-0.15, -0.1) is 12.4 Å². The number of anilines is 1. The van der Waals surface area contributed by atoms with Crippen LogP contribution in [0.1, 0.15) is 24.0 Å². The minimum absolute atomic E-state index is 0. The highest BCUT2D eigenvalue weighted by molar-refractivity contribution is 5.85. The molecule has 1 aromatic carbocycles. The maximum atomic E-state index is 5.93. The van der Waals surface area contributed by atoms with Gasteiger partial charge in [-0.25, -0.2) is 9.97 Å². The predicted molar refractivity (Wildman–Crippen MR) is 97.0 cm³/mol. The number of ether oxygens (including phenoxy) is 1. The molecule has 6 heteroatoms. The van der Waals surface area contributed by atoms with Gasteiger partial charge in [-0.2, -0.15) is 0 Å². The van der Waals surface area contributed by atoms with Crippen LogP contribution in [-0.2, 0) is 13.0 Å². The SMILES string of the molecule is Cl.c1ccc2c(c1)CC(CNCc1cnc(N3CCCC3)nc1)O2. The third-order valence-corrected chi connectivity index (χ3v) is 4.50. The number of halogens is 1. The van der Waals surface area contributed by atoms with Crippen molar-refractivity contribution in [3.8, 4) is 5.75 Å². The van der Waals surface area contributed by atoms with Crippen molar-refractivity contribution in [1.29, 1.82) is 0 Å². The highest BCUT2D eigenvalue weighted by Crippen LogP contribution is 2.27. The van der Waals surface area contributed by atoms with Crippen molar-refractivity contribution >= 4 is 18.4 Å². The lowest BCUT2D eigenvalue weighted by molar-refractivity contribution is 0.227. The van der Waals surface area contributed by atoms with E-state index >= 15 is 0 Å². The molecule has 2 aromatic rings. The number of para-hydroxylation sites is 1. The zero-order valence-electron chi connectivity index (χ0n) is 13.6. The van der Waals surface area contributed by atoms with Crippen molar-refractivity contribution < 1.29 is 4.74 Å². The molecule has 5 nitrogen and oxygen atoms in total. The summed E-state index contributed by atoms with van der Waals surface area (Å²) in [6, 6.07) is 8.27. The third-order valence-electron chi connectivity index (χ3n) is 4.50. The molecule has 0 bridgehead atoms. The molecule has 0 spiro atoms. The monoisotopic (exact) mass is 346 g/mol. The summed E-state index contributed by atoms with van der Waals surface area (Å²) in [5.41, 5.74) is 2.42. The van der Waals surface area contributed by atoms with Gasteiger partial charge in [0.05, 0.1) is 0 Å². The molecular formula is C18H23ClN4O. The number of rotatable bonds is 5. The first-order valence-electron chi connectivity index (χ1n) is 8.39. The molecule has 1 unspecified atom stereocenters. The maximum absolute atomic E-state index is 5.93. The zero-order chi connectivity index (χ0) is 15.5. The summed E-state index contributed by atoms with van der Waals surface area (Å²) in [5, 5.41) is 3.45. The standard InChI is InChI=1S/C18H22N4O.ClH/c1-2-6-17-15(5-1)9-16(23-17)13-19-10-14-11-20-18(21-12-14)22-7-3-4-8-22;/h1-2,5-6,11-12,16,19H,3-4,7-10,13H2;1H. The van der Waals surface area contributed by atoms with E-state index in [0.29, 0.717) is 0 Å². The number of nitrogens with one attached hydrogen (secondary N) is 1. The summed E-state index contributed by atoms with van der Waals surface area (Å²) >= 11 is 0. The number of nitrogens with zero attached hydrogens (tertiary/aromatic N) is 3. The number of hydrogen-bond donors (Lipinski definition) is 1. The molecule has 128 valence electrons. The van der Waals surface area contributed by atoms with Crippen molar-refractivity contribution in [2.75, 3.05) is 24.5 Å². The normalized spacial score (nSPS) is 18.8. The quantitative estimate of drug-likeness (QED) is 0.901. The molecule has 1 N–H and O–H groups in total. The van der Waals surface area contributed by atoms with Gasteiger partial charge < -0.3 is 15.0 Å². The molecule has 1 aromatic heterocycles. The second-order valence-corrected chi connectivity index (χ2v) is 6.27. The Morgan fingerprint density at radius 1 is 1.12 bits per heavy atom. The first kappa shape index (κ1) is 17.0. The van der Waals surface area contributed by atoms with Gasteiger partial charge in [-0.05, 0) is 24.5 Å². The Morgan fingerprint density at radius 2 is 1.88 bits per heavy atom. The minimum atomic E-state index is 0. The van der Waals surface area contributed by atoms with Crippen molar-refractivity contribution in [3.05, 3.63) is 47.8 Å². The van der Waals surface area contributed by atoms with Crippen LogP contribution in [0.15, 0.2) is 36.7 Å². The van der Waals surface area contributed by atoms with Crippen LogP contribution < -0.4 is 15.0 Å². The fourth-order valence-corrected chi connectivity index (χ4v) is 3.26. The summed E-state index contributed by atoms with van der Waals surface area (Å²) in [4.78, 5) is 11.2. The minimum Gasteiger partial charge on any atom is -0.488 e. The van der Waals surface area contributed by atoms with E-state index in [1.165, 1.54) is 18.4 Å². The van der Waals surface area contributed by atoms with E-state index in [9.17, 15) is 0 Å². The number of hydrogen-bond acceptors (Lipinski definition) is 5. The molecule has 1 saturated heterocycles. The number of benzene rings is 1. The molecule has 1 fully saturated rings. The van der Waals surface area contributed by atoms with Gasteiger partial charge in [0.15, 0.2) is 0 Å². The van der Waals surface area contributed by atoms with Crippen molar-refractivity contribution in [2.24, 2.45) is 0 Å². The smallest absolute Gasteiger partial charge is 0.225 e. The fraction of sp³-hybridized carbons (Fsp3) is 0.444. The lowest BCUT2D eigenvalue weighted by Gasteiger charge is -2.15. The number of aromatic nitrogens is 2. The van der Waals surface area contributed by atoms with E-state index in [1.54, 1.807) is 0 Å². The molecule has 24 heavy (non-hydrogen) atoms. The Kier molecular flexibility index (Phi) is 5.53. The van der Waals surface area contributed by atoms with E-state index in [-0.39, 0.29) is 18.5 Å². The largest absolute Gasteiger partial charge is 0.488 e. The second kappa shape index (κ2) is 7.81. The van der Waals surface area contributed by atoms with Gasteiger partial charge in [0.2, 0.25) is 5.95 Å². The molecule has 0 saturated carbocycles. The van der Waals surface area contributed by atoms with Crippen LogP contribution in [-0.4, -0.2) is 35.7 Å². The lowest BCUT2D eigenvalue weighted by Crippen LogP contribution is -2.29. The summed E-state index contributed by atoms with van der Waals surface area (Å²) in [7, 11) is 0. The molecule has 0 radical (unpaired) electrons. The van der Waals surface area contributed by atoms with Gasteiger partial charge in [-0.1, -0.05) is 18.2 Å². The predicted octanol–water partition coefficient (Wildman–Crippen LogP) is 2.59. The van der Waals surface area contributed by atoms with E-state index in [0.717, 1.165) is 49.9 Å². The van der Waals surface area contributed by atoms with E-state index in [4.69, 9.17) is 4.74 Å². The van der Waals surface area contributed by atoms with Crippen LogP contribution in [0.5, 0.6) is 5.75 Å². The van der Waals surface area contributed by atoms with Crippen LogP contribution in [0.25, 0.3) is 0 Å². The molecule has 3 heterocycles. The second-order valence-electron chi connectivity index (χ2n) is 6.27.